The molecule has 2 aromatic rings. The van der Waals surface area contributed by atoms with Gasteiger partial charge in [0, 0.05) is 24.2 Å². The third kappa shape index (κ3) is 4.86. The number of Topliss-reactive ketones (excluding diaryl/α,β-unsaturated/α-hetero) is 1. The fraction of sp³-hybridized carbons (Fsp3) is 0.444. The molecule has 3 aliphatic carbocycles. The van der Waals surface area contributed by atoms with Gasteiger partial charge in [0.1, 0.15) is 10.7 Å². The Balaban J connectivity index is 1.39. The molecule has 2 bridgehead atoms. The number of rotatable bonds is 6. The Morgan fingerprint density at radius 3 is 2.49 bits per heavy atom. The van der Waals surface area contributed by atoms with Crippen LogP contribution in [0.5, 0.6) is 5.75 Å². The maximum atomic E-state index is 14.1. The molecule has 11 nitrogen and oxygen atoms in total. The van der Waals surface area contributed by atoms with Gasteiger partial charge in [-0.15, -0.1) is 4.40 Å². The molecule has 4 fully saturated rings. The molecule has 41 heavy (non-hydrogen) atoms. The SMILES string of the molecule is COc1cc(CN2C(=O)C(C3=NS(=O)(=O)c4cc(NS(C)(=O)=O)ccc4N3)C(=O)[C@@H]3C4CCC(CC4)[C@@H]32)ccc1F. The topological polar surface area (TPSA) is 151 Å². The van der Waals surface area contributed by atoms with Gasteiger partial charge in [-0.05, 0) is 73.4 Å². The first-order valence-electron chi connectivity index (χ1n) is 13.3. The molecule has 0 spiro atoms. The van der Waals surface area contributed by atoms with Crippen LogP contribution in [0.3, 0.4) is 0 Å². The second-order valence-electron chi connectivity index (χ2n) is 11.1. The van der Waals surface area contributed by atoms with Crippen LogP contribution in [0.15, 0.2) is 45.7 Å². The molecule has 2 aliphatic heterocycles. The van der Waals surface area contributed by atoms with E-state index < -0.39 is 43.6 Å². The molecule has 2 aromatic carbocycles. The lowest BCUT2D eigenvalue weighted by atomic mass is 9.57. The summed E-state index contributed by atoms with van der Waals surface area (Å²) in [7, 11) is -6.70. The lowest BCUT2D eigenvalue weighted by molar-refractivity contribution is -0.162. The summed E-state index contributed by atoms with van der Waals surface area (Å²) in [4.78, 5) is 29.5. The monoisotopic (exact) mass is 604 g/mol. The number of piperidine rings is 1. The summed E-state index contributed by atoms with van der Waals surface area (Å²) >= 11 is 0. The van der Waals surface area contributed by atoms with Gasteiger partial charge in [0.25, 0.3) is 10.0 Å². The van der Waals surface area contributed by atoms with Crippen molar-refractivity contribution in [1.29, 1.82) is 0 Å². The Bertz CT molecular complexity index is 1700. The van der Waals surface area contributed by atoms with Crippen LogP contribution < -0.4 is 14.8 Å². The first kappa shape index (κ1) is 27.6. The van der Waals surface area contributed by atoms with Crippen molar-refractivity contribution in [1.82, 2.24) is 4.90 Å². The fourth-order valence-corrected chi connectivity index (χ4v) is 8.65. The zero-order chi connectivity index (χ0) is 29.3. The largest absolute Gasteiger partial charge is 0.494 e. The van der Waals surface area contributed by atoms with E-state index in [0.717, 1.165) is 38.0 Å². The number of halogens is 1. The van der Waals surface area contributed by atoms with E-state index in [1.165, 1.54) is 31.4 Å². The number of likely N-dealkylation sites (tertiary alicyclic amines) is 1. The molecular weight excluding hydrogens is 575 g/mol. The number of carbonyl (C=O) groups is 2. The number of methoxy groups -OCH3 is 1. The number of ether oxygens (including phenoxy) is 1. The fourth-order valence-electron chi connectivity index (χ4n) is 6.91. The molecule has 2 heterocycles. The van der Waals surface area contributed by atoms with Gasteiger partial charge in [-0.2, -0.15) is 8.42 Å². The minimum atomic E-state index is -4.39. The number of fused-ring (bicyclic) bond motifs is 3. The maximum Gasteiger partial charge on any atom is 0.286 e. The second kappa shape index (κ2) is 9.79. The molecule has 2 N–H and O–H groups in total. The highest BCUT2D eigenvalue weighted by Gasteiger charge is 2.58. The molecule has 3 atom stereocenters. The Labute approximate surface area is 237 Å². The van der Waals surface area contributed by atoms with Crippen LogP contribution in [0.4, 0.5) is 15.8 Å². The van der Waals surface area contributed by atoms with Crippen molar-refractivity contribution < 1.29 is 35.6 Å². The highest BCUT2D eigenvalue weighted by atomic mass is 32.2. The molecule has 0 radical (unpaired) electrons. The van der Waals surface area contributed by atoms with Crippen LogP contribution in [0, 0.1) is 29.5 Å². The number of hydrogen-bond donors (Lipinski definition) is 2. The Morgan fingerprint density at radius 2 is 1.80 bits per heavy atom. The van der Waals surface area contributed by atoms with E-state index in [1.54, 1.807) is 11.0 Å². The van der Waals surface area contributed by atoms with Gasteiger partial charge in [0.05, 0.1) is 19.1 Å². The van der Waals surface area contributed by atoms with Gasteiger partial charge in [0.2, 0.25) is 15.9 Å². The molecule has 1 unspecified atom stereocenters. The molecular formula is C27H29FN4O7S2. The molecule has 1 amide bonds. The van der Waals surface area contributed by atoms with E-state index in [0.29, 0.717) is 5.56 Å². The molecule has 0 aromatic heterocycles. The first-order valence-corrected chi connectivity index (χ1v) is 16.6. The Hall–Kier alpha value is -3.52. The lowest BCUT2D eigenvalue weighted by Gasteiger charge is -2.55. The van der Waals surface area contributed by atoms with Crippen molar-refractivity contribution in [3.63, 3.8) is 0 Å². The predicted octanol–water partition coefficient (Wildman–Crippen LogP) is 2.75. The van der Waals surface area contributed by atoms with Gasteiger partial charge in [-0.25, -0.2) is 12.8 Å². The minimum absolute atomic E-state index is 0.0297. The predicted molar refractivity (Wildman–Crippen MR) is 148 cm³/mol. The summed E-state index contributed by atoms with van der Waals surface area (Å²) in [6, 6.07) is 7.87. The van der Waals surface area contributed by atoms with Gasteiger partial charge < -0.3 is 15.0 Å². The van der Waals surface area contributed by atoms with Crippen LogP contribution in [-0.2, 0) is 36.2 Å². The number of hydrogen-bond acceptors (Lipinski definition) is 8. The number of sulfonamides is 2. The van der Waals surface area contributed by atoms with Crippen LogP contribution in [0.1, 0.15) is 31.2 Å². The number of ketones is 1. The molecule has 3 saturated carbocycles. The van der Waals surface area contributed by atoms with Gasteiger partial charge in [0.15, 0.2) is 23.3 Å². The van der Waals surface area contributed by atoms with Crippen LogP contribution >= 0.6 is 0 Å². The zero-order valence-corrected chi connectivity index (χ0v) is 24.0. The summed E-state index contributed by atoms with van der Waals surface area (Å²) < 4.78 is 75.1. The first-order chi connectivity index (χ1) is 19.4. The van der Waals surface area contributed by atoms with Crippen LogP contribution in [-0.4, -0.2) is 58.7 Å². The van der Waals surface area contributed by atoms with E-state index in [4.69, 9.17) is 4.74 Å². The number of anilines is 2. The molecule has 5 aliphatic rings. The van der Waals surface area contributed by atoms with Gasteiger partial charge in [-0.1, -0.05) is 6.07 Å². The number of benzene rings is 2. The van der Waals surface area contributed by atoms with Crippen LogP contribution in [0.2, 0.25) is 0 Å². The average Bonchev–Trinajstić information content (AvgIpc) is 2.91. The number of carbonyl (C=O) groups excluding carboxylic acids is 2. The number of amides is 1. The highest BCUT2D eigenvalue weighted by molar-refractivity contribution is 7.92. The van der Waals surface area contributed by atoms with Crippen LogP contribution in [0.25, 0.3) is 0 Å². The van der Waals surface area contributed by atoms with Crippen molar-refractivity contribution in [3.8, 4) is 5.75 Å². The van der Waals surface area contributed by atoms with E-state index >= 15 is 0 Å². The summed E-state index contributed by atoms with van der Waals surface area (Å²) in [6.07, 6.45) is 4.44. The third-order valence-electron chi connectivity index (χ3n) is 8.56. The Kier molecular flexibility index (Phi) is 6.60. The molecule has 218 valence electrons. The van der Waals surface area contributed by atoms with Crippen molar-refractivity contribution in [2.75, 3.05) is 23.4 Å². The molecule has 7 rings (SSSR count). The smallest absolute Gasteiger partial charge is 0.286 e. The van der Waals surface area contributed by atoms with E-state index in [2.05, 4.69) is 14.4 Å². The highest BCUT2D eigenvalue weighted by Crippen LogP contribution is 2.51. The van der Waals surface area contributed by atoms with Crippen molar-refractivity contribution in [2.24, 2.45) is 28.1 Å². The lowest BCUT2D eigenvalue weighted by Crippen LogP contribution is -2.66. The van der Waals surface area contributed by atoms with E-state index in [1.807, 2.05) is 0 Å². The second-order valence-corrected chi connectivity index (χ2v) is 14.4. The minimum Gasteiger partial charge on any atom is -0.494 e. The van der Waals surface area contributed by atoms with Gasteiger partial charge in [-0.3, -0.25) is 14.3 Å². The van der Waals surface area contributed by atoms with E-state index in [9.17, 15) is 30.8 Å². The standard InChI is InChI=1S/C27H29FN4O7S2/c1-39-20-11-14(3-9-18(20)28)13-32-24-16-6-4-15(5-7-16)22(24)25(33)23(27(32)34)26-29-19-10-8-17(30-40(2,35)36)12-21(19)41(37,38)31-26/h3,8-12,15-16,22-24,30H,4-7,13H2,1-2H3,(H,29,31)/t15?,16?,22-,23?,24+/m1/s1. The summed E-state index contributed by atoms with van der Waals surface area (Å²) in [6.45, 7) is 0.0980. The Morgan fingerprint density at radius 1 is 1.10 bits per heavy atom. The average molecular weight is 605 g/mol. The van der Waals surface area contributed by atoms with E-state index in [-0.39, 0.29) is 58.1 Å². The van der Waals surface area contributed by atoms with Crippen molar-refractivity contribution in [3.05, 3.63) is 47.8 Å². The molecule has 14 heteroatoms. The van der Waals surface area contributed by atoms with Crippen molar-refractivity contribution in [2.45, 2.75) is 43.2 Å². The summed E-state index contributed by atoms with van der Waals surface area (Å²) in [5.41, 5.74) is 0.728. The molecule has 1 saturated heterocycles. The maximum absolute atomic E-state index is 14.1. The third-order valence-corrected chi connectivity index (χ3v) is 10.5. The summed E-state index contributed by atoms with van der Waals surface area (Å²) in [5.74, 6) is -3.43. The normalized spacial score (nSPS) is 28.3. The number of nitrogens with zero attached hydrogens (tertiary/aromatic N) is 2. The quantitative estimate of drug-likeness (QED) is 0.478. The van der Waals surface area contributed by atoms with Gasteiger partial charge >= 0.3 is 0 Å². The number of nitrogens with one attached hydrogen (secondary N) is 2. The number of amidine groups is 1. The summed E-state index contributed by atoms with van der Waals surface area (Å²) in [5, 5.41) is 2.88. The van der Waals surface area contributed by atoms with Crippen molar-refractivity contribution >= 4 is 48.9 Å². The zero-order valence-electron chi connectivity index (χ0n) is 22.3.